The summed E-state index contributed by atoms with van der Waals surface area (Å²) in [6, 6.07) is 7.12. The van der Waals surface area contributed by atoms with Gasteiger partial charge in [-0.3, -0.25) is 0 Å². The van der Waals surface area contributed by atoms with Crippen LogP contribution in [0.25, 0.3) is 0 Å². The van der Waals surface area contributed by atoms with Crippen molar-refractivity contribution in [2.75, 3.05) is 13.2 Å². The van der Waals surface area contributed by atoms with Crippen molar-refractivity contribution in [1.82, 2.24) is 5.32 Å². The van der Waals surface area contributed by atoms with E-state index in [0.717, 1.165) is 31.4 Å². The molecule has 1 aromatic carbocycles. The van der Waals surface area contributed by atoms with Crippen LogP contribution in [0.15, 0.2) is 24.3 Å². The summed E-state index contributed by atoms with van der Waals surface area (Å²) >= 11 is 0. The summed E-state index contributed by atoms with van der Waals surface area (Å²) in [6.45, 7) is 5.45. The van der Waals surface area contributed by atoms with Gasteiger partial charge in [-0.1, -0.05) is 38.8 Å². The Kier molecular flexibility index (Phi) is 8.47. The second kappa shape index (κ2) is 9.89. The lowest BCUT2D eigenvalue weighted by atomic mass is 10.0. The molecule has 0 fully saturated rings. The van der Waals surface area contributed by atoms with E-state index in [9.17, 15) is 4.39 Å². The lowest BCUT2D eigenvalue weighted by molar-refractivity contribution is 0.227. The third-order valence-electron chi connectivity index (χ3n) is 3.69. The largest absolute Gasteiger partial charge is 0.396 e. The van der Waals surface area contributed by atoms with Crippen molar-refractivity contribution in [2.45, 2.75) is 52.0 Å². The Hall–Kier alpha value is -0.930. The number of aliphatic hydroxyl groups is 1. The molecule has 0 saturated heterocycles. The van der Waals surface area contributed by atoms with Crippen molar-refractivity contribution in [2.24, 2.45) is 5.92 Å². The Bertz CT molecular complexity index is 353. The average Bonchev–Trinajstić information content (AvgIpc) is 2.47. The van der Waals surface area contributed by atoms with E-state index in [2.05, 4.69) is 19.2 Å². The van der Waals surface area contributed by atoms with E-state index in [1.54, 1.807) is 0 Å². The molecule has 0 saturated carbocycles. The Morgan fingerprint density at radius 3 is 2.45 bits per heavy atom. The van der Waals surface area contributed by atoms with Crippen molar-refractivity contribution in [3.8, 4) is 0 Å². The van der Waals surface area contributed by atoms with Crippen LogP contribution in [0, 0.1) is 11.7 Å². The fourth-order valence-electron chi connectivity index (χ4n) is 2.31. The van der Waals surface area contributed by atoms with E-state index < -0.39 is 0 Å². The average molecular weight is 281 g/mol. The Balaban J connectivity index is 2.45. The number of benzene rings is 1. The summed E-state index contributed by atoms with van der Waals surface area (Å²) < 4.78 is 13.0. The minimum Gasteiger partial charge on any atom is -0.396 e. The highest BCUT2D eigenvalue weighted by molar-refractivity contribution is 5.19. The maximum Gasteiger partial charge on any atom is 0.123 e. The van der Waals surface area contributed by atoms with Crippen LogP contribution in [-0.2, 0) is 0 Å². The van der Waals surface area contributed by atoms with Gasteiger partial charge in [-0.25, -0.2) is 4.39 Å². The molecule has 20 heavy (non-hydrogen) atoms. The van der Waals surface area contributed by atoms with Gasteiger partial charge in [0.15, 0.2) is 0 Å². The Morgan fingerprint density at radius 1 is 1.15 bits per heavy atom. The lowest BCUT2D eigenvalue weighted by Crippen LogP contribution is -2.23. The molecule has 2 atom stereocenters. The second-order valence-corrected chi connectivity index (χ2v) is 5.63. The number of nitrogens with one attached hydrogen (secondary N) is 1. The zero-order valence-corrected chi connectivity index (χ0v) is 12.7. The second-order valence-electron chi connectivity index (χ2n) is 5.63. The van der Waals surface area contributed by atoms with Crippen molar-refractivity contribution >= 4 is 0 Å². The molecule has 0 heterocycles. The molecule has 0 aliphatic rings. The van der Waals surface area contributed by atoms with Crippen molar-refractivity contribution in [1.29, 1.82) is 0 Å². The van der Waals surface area contributed by atoms with Gasteiger partial charge in [-0.05, 0) is 49.4 Å². The highest BCUT2D eigenvalue weighted by atomic mass is 19.1. The van der Waals surface area contributed by atoms with Gasteiger partial charge in [0.2, 0.25) is 0 Å². The molecular weight excluding hydrogens is 253 g/mol. The summed E-state index contributed by atoms with van der Waals surface area (Å²) in [5, 5.41) is 12.6. The quantitative estimate of drug-likeness (QED) is 0.634. The van der Waals surface area contributed by atoms with Gasteiger partial charge in [-0.2, -0.15) is 0 Å². The molecule has 0 aliphatic carbocycles. The molecule has 114 valence electrons. The van der Waals surface area contributed by atoms with Gasteiger partial charge in [-0.15, -0.1) is 0 Å². The number of hydrogen-bond acceptors (Lipinski definition) is 2. The molecule has 2 N–H and O–H groups in total. The van der Waals surface area contributed by atoms with E-state index in [4.69, 9.17) is 5.11 Å². The smallest absolute Gasteiger partial charge is 0.123 e. The fraction of sp³-hybridized carbons (Fsp3) is 0.647. The van der Waals surface area contributed by atoms with E-state index in [-0.39, 0.29) is 12.4 Å². The molecule has 1 aromatic rings. The molecular formula is C17H28FNO. The monoisotopic (exact) mass is 281 g/mol. The summed E-state index contributed by atoms with van der Waals surface area (Å²) in [4.78, 5) is 0. The van der Waals surface area contributed by atoms with Crippen molar-refractivity contribution < 1.29 is 9.50 Å². The molecule has 2 nitrogen and oxygen atoms in total. The Morgan fingerprint density at radius 2 is 1.85 bits per heavy atom. The predicted molar refractivity (Wildman–Crippen MR) is 82.2 cm³/mol. The summed E-state index contributed by atoms with van der Waals surface area (Å²) in [5.41, 5.74) is 1.16. The van der Waals surface area contributed by atoms with Crippen LogP contribution in [-0.4, -0.2) is 18.3 Å². The molecule has 3 heteroatoms. The first-order chi connectivity index (χ1) is 9.67. The molecule has 0 aromatic heterocycles. The van der Waals surface area contributed by atoms with E-state index in [1.807, 2.05) is 12.1 Å². The van der Waals surface area contributed by atoms with Crippen LogP contribution in [0.4, 0.5) is 4.39 Å². The molecule has 0 amide bonds. The first-order valence-electron chi connectivity index (χ1n) is 7.77. The Labute approximate surface area is 122 Å². The zero-order valence-electron chi connectivity index (χ0n) is 12.7. The van der Waals surface area contributed by atoms with Gasteiger partial charge in [0.1, 0.15) is 5.82 Å². The van der Waals surface area contributed by atoms with Gasteiger partial charge >= 0.3 is 0 Å². The van der Waals surface area contributed by atoms with E-state index in [0.29, 0.717) is 12.0 Å². The predicted octanol–water partition coefficient (Wildman–Crippen LogP) is 4.06. The van der Waals surface area contributed by atoms with Crippen molar-refractivity contribution in [3.05, 3.63) is 35.6 Å². The topological polar surface area (TPSA) is 32.3 Å². The highest BCUT2D eigenvalue weighted by Gasteiger charge is 2.10. The van der Waals surface area contributed by atoms with Gasteiger partial charge in [0.25, 0.3) is 0 Å². The van der Waals surface area contributed by atoms with Crippen LogP contribution in [0.2, 0.25) is 0 Å². The fourth-order valence-corrected chi connectivity index (χ4v) is 2.31. The number of unbranched alkanes of at least 4 members (excludes halogenated alkanes) is 1. The molecule has 0 bridgehead atoms. The minimum absolute atomic E-state index is 0.181. The molecule has 2 unspecified atom stereocenters. The van der Waals surface area contributed by atoms with Crippen LogP contribution in [0.5, 0.6) is 0 Å². The summed E-state index contributed by atoms with van der Waals surface area (Å²) in [5.74, 6) is 0.191. The SMILES string of the molecule is CCCCC(NCCCC(C)CO)c1ccc(F)cc1. The standard InChI is InChI=1S/C17H28FNO/c1-3-4-7-17(15-8-10-16(18)11-9-15)19-12-5-6-14(2)13-20/h8-11,14,17,19-20H,3-7,12-13H2,1-2H3. The molecule has 0 spiro atoms. The van der Waals surface area contributed by atoms with Gasteiger partial charge < -0.3 is 10.4 Å². The van der Waals surface area contributed by atoms with E-state index >= 15 is 0 Å². The summed E-state index contributed by atoms with van der Waals surface area (Å²) in [7, 11) is 0. The molecule has 1 rings (SSSR count). The van der Waals surface area contributed by atoms with Crippen LogP contribution < -0.4 is 5.32 Å². The zero-order chi connectivity index (χ0) is 14.8. The third-order valence-corrected chi connectivity index (χ3v) is 3.69. The number of rotatable bonds is 10. The highest BCUT2D eigenvalue weighted by Crippen LogP contribution is 2.20. The van der Waals surface area contributed by atoms with Gasteiger partial charge in [0, 0.05) is 12.6 Å². The number of halogens is 1. The van der Waals surface area contributed by atoms with E-state index in [1.165, 1.54) is 25.0 Å². The van der Waals surface area contributed by atoms with Crippen LogP contribution in [0.3, 0.4) is 0 Å². The maximum absolute atomic E-state index is 13.0. The van der Waals surface area contributed by atoms with Gasteiger partial charge in [0.05, 0.1) is 0 Å². The number of hydrogen-bond donors (Lipinski definition) is 2. The van der Waals surface area contributed by atoms with Crippen LogP contribution >= 0.6 is 0 Å². The van der Waals surface area contributed by atoms with Crippen LogP contribution in [0.1, 0.15) is 57.6 Å². The lowest BCUT2D eigenvalue weighted by Gasteiger charge is -2.19. The molecule has 0 radical (unpaired) electrons. The first-order valence-corrected chi connectivity index (χ1v) is 7.77. The molecule has 0 aliphatic heterocycles. The summed E-state index contributed by atoms with van der Waals surface area (Å²) in [6.07, 6.45) is 5.51. The third kappa shape index (κ3) is 6.49. The number of aliphatic hydroxyl groups excluding tert-OH is 1. The normalized spacial score (nSPS) is 14.2. The first kappa shape index (κ1) is 17.1. The minimum atomic E-state index is -0.181. The maximum atomic E-state index is 13.0. The van der Waals surface area contributed by atoms with Crippen molar-refractivity contribution in [3.63, 3.8) is 0 Å².